The van der Waals surface area contributed by atoms with E-state index in [0.717, 1.165) is 30.4 Å². The fourth-order valence-electron chi connectivity index (χ4n) is 2.81. The van der Waals surface area contributed by atoms with E-state index in [0.29, 0.717) is 13.0 Å². The van der Waals surface area contributed by atoms with Crippen LogP contribution >= 0.6 is 0 Å². The number of hydrogen-bond donors (Lipinski definition) is 0. The SMILES string of the molecule is CCOC(=O)CCCc1ccc(N2CC[N+](C)(C)CC2)cc1.[Cl-]. The Labute approximate surface area is 146 Å². The van der Waals surface area contributed by atoms with Crippen molar-refractivity contribution in [1.82, 2.24) is 0 Å². The van der Waals surface area contributed by atoms with Crippen LogP contribution in [0.5, 0.6) is 0 Å². The molecule has 0 aliphatic carbocycles. The van der Waals surface area contributed by atoms with Crippen LogP contribution in [-0.2, 0) is 16.0 Å². The van der Waals surface area contributed by atoms with Gasteiger partial charge in [0.05, 0.1) is 46.9 Å². The van der Waals surface area contributed by atoms with Gasteiger partial charge in [-0.2, -0.15) is 0 Å². The average molecular weight is 341 g/mol. The lowest BCUT2D eigenvalue weighted by Gasteiger charge is -2.40. The second kappa shape index (κ2) is 9.14. The lowest BCUT2D eigenvalue weighted by molar-refractivity contribution is -0.890. The highest BCUT2D eigenvalue weighted by molar-refractivity contribution is 5.69. The van der Waals surface area contributed by atoms with Crippen LogP contribution in [0.3, 0.4) is 0 Å². The number of ether oxygens (including phenoxy) is 1. The summed E-state index contributed by atoms with van der Waals surface area (Å²) in [6, 6.07) is 8.81. The van der Waals surface area contributed by atoms with E-state index >= 15 is 0 Å². The van der Waals surface area contributed by atoms with Gasteiger partial charge in [0.2, 0.25) is 0 Å². The van der Waals surface area contributed by atoms with Crippen LogP contribution in [-0.4, -0.2) is 57.3 Å². The molecule has 0 spiro atoms. The number of anilines is 1. The molecule has 0 N–H and O–H groups in total. The molecule has 2 rings (SSSR count). The molecule has 130 valence electrons. The number of carbonyl (C=O) groups is 1. The fraction of sp³-hybridized carbons (Fsp3) is 0.611. The van der Waals surface area contributed by atoms with E-state index in [9.17, 15) is 4.79 Å². The number of esters is 1. The number of benzene rings is 1. The van der Waals surface area contributed by atoms with Gasteiger partial charge in [-0.1, -0.05) is 12.1 Å². The van der Waals surface area contributed by atoms with Crippen molar-refractivity contribution in [3.8, 4) is 0 Å². The molecule has 23 heavy (non-hydrogen) atoms. The second-order valence-corrected chi connectivity index (χ2v) is 6.70. The van der Waals surface area contributed by atoms with Gasteiger partial charge in [-0.25, -0.2) is 0 Å². The Kier molecular flexibility index (Phi) is 7.86. The Hall–Kier alpha value is -1.26. The van der Waals surface area contributed by atoms with Crippen molar-refractivity contribution in [2.45, 2.75) is 26.2 Å². The predicted molar refractivity (Wildman–Crippen MR) is 90.1 cm³/mol. The number of rotatable bonds is 6. The molecular weight excluding hydrogens is 312 g/mol. The third-order valence-corrected chi connectivity index (χ3v) is 4.40. The Morgan fingerprint density at radius 2 is 1.78 bits per heavy atom. The number of likely N-dealkylation sites (N-methyl/N-ethyl adjacent to an activating group) is 1. The lowest BCUT2D eigenvalue weighted by Crippen LogP contribution is -3.00. The summed E-state index contributed by atoms with van der Waals surface area (Å²) in [5, 5.41) is 0. The number of hydrogen-bond acceptors (Lipinski definition) is 3. The van der Waals surface area contributed by atoms with Crippen molar-refractivity contribution in [3.63, 3.8) is 0 Å². The van der Waals surface area contributed by atoms with Crippen LogP contribution in [0.4, 0.5) is 5.69 Å². The van der Waals surface area contributed by atoms with Crippen molar-refractivity contribution in [2.24, 2.45) is 0 Å². The van der Waals surface area contributed by atoms with Crippen molar-refractivity contribution in [2.75, 3.05) is 51.8 Å². The van der Waals surface area contributed by atoms with E-state index in [1.54, 1.807) is 0 Å². The summed E-state index contributed by atoms with van der Waals surface area (Å²) in [6.07, 6.45) is 2.30. The number of piperazine rings is 1. The van der Waals surface area contributed by atoms with Gasteiger partial charge < -0.3 is 26.5 Å². The summed E-state index contributed by atoms with van der Waals surface area (Å²) in [4.78, 5) is 13.8. The first kappa shape index (κ1) is 19.8. The van der Waals surface area contributed by atoms with Gasteiger partial charge in [0.15, 0.2) is 0 Å². The minimum atomic E-state index is -0.0897. The van der Waals surface area contributed by atoms with Gasteiger partial charge in [0, 0.05) is 12.1 Å². The highest BCUT2D eigenvalue weighted by Gasteiger charge is 2.24. The minimum Gasteiger partial charge on any atom is -1.00 e. The zero-order valence-corrected chi connectivity index (χ0v) is 15.3. The van der Waals surface area contributed by atoms with E-state index < -0.39 is 0 Å². The first-order valence-electron chi connectivity index (χ1n) is 8.32. The molecule has 1 aliphatic heterocycles. The van der Waals surface area contributed by atoms with Crippen LogP contribution in [0, 0.1) is 0 Å². The van der Waals surface area contributed by atoms with Crippen LogP contribution in [0.15, 0.2) is 24.3 Å². The standard InChI is InChI=1S/C18H29N2O2.ClH/c1-4-22-18(21)7-5-6-16-8-10-17(11-9-16)19-12-14-20(2,3)15-13-19;/h8-11H,4-7,12-15H2,1-3H3;1H/q+1;/p-1. The van der Waals surface area contributed by atoms with Crippen molar-refractivity contribution in [3.05, 3.63) is 29.8 Å². The molecule has 1 heterocycles. The Morgan fingerprint density at radius 1 is 1.17 bits per heavy atom. The first-order chi connectivity index (χ1) is 10.5. The minimum absolute atomic E-state index is 0. The molecule has 0 atom stereocenters. The quantitative estimate of drug-likeness (QED) is 0.515. The summed E-state index contributed by atoms with van der Waals surface area (Å²) < 4.78 is 6.06. The van der Waals surface area contributed by atoms with Crippen molar-refractivity contribution < 1.29 is 26.4 Å². The summed E-state index contributed by atoms with van der Waals surface area (Å²) in [6.45, 7) is 6.95. The normalized spacial score (nSPS) is 16.6. The van der Waals surface area contributed by atoms with Crippen LogP contribution in [0.2, 0.25) is 0 Å². The maximum Gasteiger partial charge on any atom is 0.305 e. The van der Waals surface area contributed by atoms with Crippen LogP contribution in [0.25, 0.3) is 0 Å². The molecule has 0 unspecified atom stereocenters. The zero-order chi connectivity index (χ0) is 16.0. The molecule has 1 saturated heterocycles. The summed E-state index contributed by atoms with van der Waals surface area (Å²) in [5.41, 5.74) is 2.61. The summed E-state index contributed by atoms with van der Waals surface area (Å²) >= 11 is 0. The molecule has 1 fully saturated rings. The first-order valence-corrected chi connectivity index (χ1v) is 8.32. The highest BCUT2D eigenvalue weighted by Crippen LogP contribution is 2.19. The van der Waals surface area contributed by atoms with Gasteiger partial charge in [-0.15, -0.1) is 0 Å². The number of carbonyl (C=O) groups excluding carboxylic acids is 1. The van der Waals surface area contributed by atoms with E-state index in [-0.39, 0.29) is 18.4 Å². The molecule has 4 nitrogen and oxygen atoms in total. The van der Waals surface area contributed by atoms with Gasteiger partial charge in [0.25, 0.3) is 0 Å². The lowest BCUT2D eigenvalue weighted by atomic mass is 10.1. The largest absolute Gasteiger partial charge is 1.00 e. The smallest absolute Gasteiger partial charge is 0.305 e. The third kappa shape index (κ3) is 6.40. The van der Waals surface area contributed by atoms with Gasteiger partial charge in [-0.3, -0.25) is 4.79 Å². The topological polar surface area (TPSA) is 29.5 Å². The molecule has 5 heteroatoms. The van der Waals surface area contributed by atoms with Gasteiger partial charge >= 0.3 is 5.97 Å². The molecule has 0 aromatic heterocycles. The number of aryl methyl sites for hydroxylation is 1. The summed E-state index contributed by atoms with van der Waals surface area (Å²) in [7, 11) is 4.59. The molecule has 0 saturated carbocycles. The molecule has 1 aliphatic rings. The number of nitrogens with zero attached hydrogens (tertiary/aromatic N) is 2. The second-order valence-electron chi connectivity index (χ2n) is 6.70. The van der Waals surface area contributed by atoms with Crippen LogP contribution in [0.1, 0.15) is 25.3 Å². The molecule has 1 aromatic carbocycles. The van der Waals surface area contributed by atoms with Gasteiger partial charge in [-0.05, 0) is 37.5 Å². The Bertz CT molecular complexity index is 478. The predicted octanol–water partition coefficient (Wildman–Crippen LogP) is -0.527. The van der Waals surface area contributed by atoms with E-state index in [2.05, 4.69) is 43.3 Å². The maximum absolute atomic E-state index is 11.3. The highest BCUT2D eigenvalue weighted by atomic mass is 35.5. The van der Waals surface area contributed by atoms with Gasteiger partial charge in [0.1, 0.15) is 0 Å². The monoisotopic (exact) mass is 340 g/mol. The van der Waals surface area contributed by atoms with Crippen molar-refractivity contribution >= 4 is 11.7 Å². The molecular formula is C18H29ClN2O2. The molecule has 0 radical (unpaired) electrons. The van der Waals surface area contributed by atoms with Crippen LogP contribution < -0.4 is 17.3 Å². The summed E-state index contributed by atoms with van der Waals surface area (Å²) in [5.74, 6) is -0.0897. The third-order valence-electron chi connectivity index (χ3n) is 4.40. The Morgan fingerprint density at radius 3 is 2.35 bits per heavy atom. The molecule has 0 amide bonds. The fourth-order valence-corrected chi connectivity index (χ4v) is 2.81. The van der Waals surface area contributed by atoms with E-state index in [4.69, 9.17) is 4.74 Å². The number of halogens is 1. The maximum atomic E-state index is 11.3. The van der Waals surface area contributed by atoms with E-state index in [1.165, 1.54) is 24.3 Å². The molecule has 1 aromatic rings. The van der Waals surface area contributed by atoms with E-state index in [1.807, 2.05) is 6.92 Å². The average Bonchev–Trinajstić information content (AvgIpc) is 2.48. The Balaban J connectivity index is 0.00000264. The molecule has 0 bridgehead atoms. The van der Waals surface area contributed by atoms with Crippen molar-refractivity contribution in [1.29, 1.82) is 0 Å². The zero-order valence-electron chi connectivity index (χ0n) is 14.6. The number of quaternary nitrogens is 1.